The summed E-state index contributed by atoms with van der Waals surface area (Å²) in [5.41, 5.74) is -1.69. The molecule has 0 heterocycles. The normalized spacial score (nSPS) is 14.8. The maximum absolute atomic E-state index is 10.5. The van der Waals surface area contributed by atoms with Crippen LogP contribution in [0.4, 0.5) is 4.79 Å². The zero-order valence-electron chi connectivity index (χ0n) is 9.74. The summed E-state index contributed by atoms with van der Waals surface area (Å²) in [6, 6.07) is 0. The van der Waals surface area contributed by atoms with Crippen molar-refractivity contribution in [2.75, 3.05) is 6.61 Å². The van der Waals surface area contributed by atoms with Gasteiger partial charge in [0.05, 0.1) is 5.60 Å². The fourth-order valence-corrected chi connectivity index (χ4v) is 1.49. The summed E-state index contributed by atoms with van der Waals surface area (Å²) < 4.78 is 0. The first-order valence-corrected chi connectivity index (χ1v) is 4.93. The molecule has 1 amide bonds. The third-order valence-corrected chi connectivity index (χ3v) is 2.42. The second-order valence-electron chi connectivity index (χ2n) is 5.05. The number of aliphatic hydroxyl groups excluding tert-OH is 1. The smallest absolute Gasteiger partial charge is 0.405 e. The largest absolute Gasteiger partial charge is 0.465 e. The first kappa shape index (κ1) is 14.2. The van der Waals surface area contributed by atoms with Gasteiger partial charge in [-0.25, -0.2) is 4.79 Å². The highest BCUT2D eigenvalue weighted by Crippen LogP contribution is 2.25. The number of hydrogen-bond acceptors (Lipinski definition) is 3. The van der Waals surface area contributed by atoms with Crippen LogP contribution in [0.5, 0.6) is 0 Å². The van der Waals surface area contributed by atoms with Crippen molar-refractivity contribution in [2.45, 2.75) is 45.3 Å². The maximum atomic E-state index is 10.5. The number of hydrogen-bond donors (Lipinski definition) is 4. The lowest BCUT2D eigenvalue weighted by Gasteiger charge is -2.35. The van der Waals surface area contributed by atoms with Gasteiger partial charge in [0.25, 0.3) is 0 Å². The average Bonchev–Trinajstić information content (AvgIpc) is 1.95. The topological polar surface area (TPSA) is 89.8 Å². The van der Waals surface area contributed by atoms with Crippen LogP contribution in [-0.4, -0.2) is 39.2 Å². The summed E-state index contributed by atoms with van der Waals surface area (Å²) in [6.07, 6.45) is -0.730. The summed E-state index contributed by atoms with van der Waals surface area (Å²) >= 11 is 0. The van der Waals surface area contributed by atoms with Crippen LogP contribution >= 0.6 is 0 Å². The fourth-order valence-electron chi connectivity index (χ4n) is 1.49. The highest BCUT2D eigenvalue weighted by atomic mass is 16.4. The van der Waals surface area contributed by atoms with E-state index in [1.54, 1.807) is 27.7 Å². The molecule has 0 aliphatic rings. The second-order valence-corrected chi connectivity index (χ2v) is 5.05. The Labute approximate surface area is 90.1 Å². The minimum atomic E-state index is -1.10. The molecule has 0 aromatic heterocycles. The van der Waals surface area contributed by atoms with E-state index in [4.69, 9.17) is 10.2 Å². The van der Waals surface area contributed by atoms with Crippen molar-refractivity contribution in [3.63, 3.8) is 0 Å². The Hall–Kier alpha value is -0.810. The molecule has 0 saturated carbocycles. The van der Waals surface area contributed by atoms with E-state index in [9.17, 15) is 9.90 Å². The molecule has 0 radical (unpaired) electrons. The molecule has 0 aromatic carbocycles. The molecule has 0 unspecified atom stereocenters. The molecule has 0 aliphatic heterocycles. The summed E-state index contributed by atoms with van der Waals surface area (Å²) in [5, 5.41) is 29.8. The van der Waals surface area contributed by atoms with E-state index >= 15 is 0 Å². The van der Waals surface area contributed by atoms with Crippen molar-refractivity contribution in [3.8, 4) is 0 Å². The minimum absolute atomic E-state index is 0.172. The third-order valence-electron chi connectivity index (χ3n) is 2.42. The molecule has 15 heavy (non-hydrogen) atoms. The molecule has 0 aromatic rings. The average molecular weight is 219 g/mol. The molecule has 0 rings (SSSR count). The summed E-state index contributed by atoms with van der Waals surface area (Å²) in [7, 11) is 0. The van der Waals surface area contributed by atoms with Crippen molar-refractivity contribution in [1.29, 1.82) is 0 Å². The Morgan fingerprint density at radius 3 is 2.07 bits per heavy atom. The predicted octanol–water partition coefficient (Wildman–Crippen LogP) is 0.802. The van der Waals surface area contributed by atoms with Gasteiger partial charge in [0.15, 0.2) is 0 Å². The van der Waals surface area contributed by atoms with Gasteiger partial charge in [-0.2, -0.15) is 0 Å². The highest BCUT2D eigenvalue weighted by molar-refractivity contribution is 5.65. The first-order valence-electron chi connectivity index (χ1n) is 4.93. The van der Waals surface area contributed by atoms with Crippen LogP contribution in [0, 0.1) is 5.92 Å². The van der Waals surface area contributed by atoms with Gasteiger partial charge in [0.2, 0.25) is 0 Å². The van der Waals surface area contributed by atoms with E-state index < -0.39 is 17.2 Å². The minimum Gasteiger partial charge on any atom is -0.465 e. The van der Waals surface area contributed by atoms with Crippen LogP contribution in [0.15, 0.2) is 0 Å². The molecule has 0 fully saturated rings. The molecular weight excluding hydrogens is 198 g/mol. The van der Waals surface area contributed by atoms with E-state index in [1.807, 2.05) is 0 Å². The van der Waals surface area contributed by atoms with Crippen LogP contribution in [-0.2, 0) is 0 Å². The fraction of sp³-hybridized carbons (Fsp3) is 0.900. The highest BCUT2D eigenvalue weighted by Gasteiger charge is 2.33. The van der Waals surface area contributed by atoms with Crippen LogP contribution in [0.3, 0.4) is 0 Å². The van der Waals surface area contributed by atoms with E-state index in [2.05, 4.69) is 5.32 Å². The third kappa shape index (κ3) is 5.59. The number of carboxylic acid groups (broad SMARTS) is 1. The Morgan fingerprint density at radius 1 is 1.33 bits per heavy atom. The Morgan fingerprint density at radius 2 is 1.80 bits per heavy atom. The summed E-state index contributed by atoms with van der Waals surface area (Å²) in [6.45, 7) is 6.47. The van der Waals surface area contributed by atoms with E-state index in [1.165, 1.54) is 0 Å². The van der Waals surface area contributed by atoms with Crippen molar-refractivity contribution >= 4 is 6.09 Å². The number of nitrogens with one attached hydrogen (secondary N) is 1. The van der Waals surface area contributed by atoms with Gasteiger partial charge in [0.1, 0.15) is 0 Å². The van der Waals surface area contributed by atoms with Gasteiger partial charge < -0.3 is 20.6 Å². The lowest BCUT2D eigenvalue weighted by atomic mass is 9.81. The monoisotopic (exact) mass is 219 g/mol. The van der Waals surface area contributed by atoms with Crippen LogP contribution in [0.1, 0.15) is 34.1 Å². The molecule has 5 nitrogen and oxygen atoms in total. The van der Waals surface area contributed by atoms with Crippen molar-refractivity contribution in [2.24, 2.45) is 5.92 Å². The first-order chi connectivity index (χ1) is 6.58. The molecule has 5 heteroatoms. The molecule has 90 valence electrons. The summed E-state index contributed by atoms with van der Waals surface area (Å²) in [5.74, 6) is -0.362. The molecular formula is C10H21NO4. The number of aliphatic hydroxyl groups is 2. The van der Waals surface area contributed by atoms with Crippen LogP contribution in [0.2, 0.25) is 0 Å². The molecule has 0 bridgehead atoms. The predicted molar refractivity (Wildman–Crippen MR) is 56.7 cm³/mol. The van der Waals surface area contributed by atoms with Gasteiger partial charge in [-0.05, 0) is 34.1 Å². The molecule has 0 aliphatic carbocycles. The molecule has 1 atom stereocenters. The van der Waals surface area contributed by atoms with Crippen LogP contribution < -0.4 is 5.32 Å². The van der Waals surface area contributed by atoms with Crippen LogP contribution in [0.25, 0.3) is 0 Å². The second kappa shape index (κ2) is 4.81. The van der Waals surface area contributed by atoms with E-state index in [-0.39, 0.29) is 12.5 Å². The van der Waals surface area contributed by atoms with Crippen molar-refractivity contribution in [1.82, 2.24) is 5.32 Å². The van der Waals surface area contributed by atoms with Gasteiger partial charge in [-0.1, -0.05) is 0 Å². The van der Waals surface area contributed by atoms with Gasteiger partial charge in [-0.3, -0.25) is 0 Å². The zero-order chi connectivity index (χ0) is 12.3. The van der Waals surface area contributed by atoms with E-state index in [0.29, 0.717) is 6.42 Å². The Kier molecular flexibility index (Phi) is 4.55. The standard InChI is InChI=1S/C10H21NO4/c1-9(2,11-8(13)14)5-7(6-12)10(3,4)15/h7,11-12,15H,5-6H2,1-4H3,(H,13,14)/t7-/m1/s1. The number of rotatable bonds is 5. The quantitative estimate of drug-likeness (QED) is 0.550. The number of amides is 1. The Bertz CT molecular complexity index is 220. The molecule has 0 saturated heterocycles. The maximum Gasteiger partial charge on any atom is 0.405 e. The SMILES string of the molecule is CC(C)(C[C@H](CO)C(C)(C)O)NC(=O)O. The lowest BCUT2D eigenvalue weighted by molar-refractivity contribution is -0.0219. The lowest BCUT2D eigenvalue weighted by Crippen LogP contribution is -2.48. The number of carbonyl (C=O) groups is 1. The van der Waals surface area contributed by atoms with Gasteiger partial charge in [0, 0.05) is 18.1 Å². The summed E-state index contributed by atoms with van der Waals surface area (Å²) in [4.78, 5) is 10.5. The Balaban J connectivity index is 4.47. The molecule has 4 N–H and O–H groups in total. The van der Waals surface area contributed by atoms with Gasteiger partial charge >= 0.3 is 6.09 Å². The van der Waals surface area contributed by atoms with E-state index in [0.717, 1.165) is 0 Å². The van der Waals surface area contributed by atoms with Crippen molar-refractivity contribution < 1.29 is 20.1 Å². The zero-order valence-corrected chi connectivity index (χ0v) is 9.74. The van der Waals surface area contributed by atoms with Crippen molar-refractivity contribution in [3.05, 3.63) is 0 Å². The molecule has 0 spiro atoms. The van der Waals surface area contributed by atoms with Gasteiger partial charge in [-0.15, -0.1) is 0 Å².